The number of hydrogen-bond donors (Lipinski definition) is 1. The molecule has 2 aromatic carbocycles. The highest BCUT2D eigenvalue weighted by Gasteiger charge is 2.37. The quantitative estimate of drug-likeness (QED) is 0.386. The van der Waals surface area contributed by atoms with E-state index in [1.807, 2.05) is 31.1 Å². The molecule has 0 radical (unpaired) electrons. The molecule has 0 amide bonds. The van der Waals surface area contributed by atoms with Gasteiger partial charge < -0.3 is 5.11 Å². The van der Waals surface area contributed by atoms with Crippen molar-refractivity contribution in [2.24, 2.45) is 0 Å². The first kappa shape index (κ1) is 18.3. The SMILES string of the molecule is CN(C)C(Br)(c1ccc(C(=O)O)cc1)n1c(=O)c2ccccc2n2cnnc12. The van der Waals surface area contributed by atoms with E-state index in [4.69, 9.17) is 0 Å². The van der Waals surface area contributed by atoms with E-state index in [-0.39, 0.29) is 11.1 Å². The second-order valence-electron chi connectivity index (χ2n) is 6.52. The number of carboxylic acid groups (broad SMARTS) is 1. The van der Waals surface area contributed by atoms with Crippen LogP contribution in [0, 0.1) is 0 Å². The van der Waals surface area contributed by atoms with Crippen molar-refractivity contribution in [3.63, 3.8) is 0 Å². The summed E-state index contributed by atoms with van der Waals surface area (Å²) >= 11 is 3.73. The van der Waals surface area contributed by atoms with Crippen LogP contribution in [0.25, 0.3) is 16.7 Å². The van der Waals surface area contributed by atoms with E-state index in [2.05, 4.69) is 26.1 Å². The Morgan fingerprint density at radius 2 is 1.82 bits per heavy atom. The summed E-state index contributed by atoms with van der Waals surface area (Å²) in [5.41, 5.74) is 1.29. The second-order valence-corrected chi connectivity index (χ2v) is 7.63. The van der Waals surface area contributed by atoms with E-state index in [9.17, 15) is 14.7 Å². The minimum Gasteiger partial charge on any atom is -0.478 e. The molecule has 0 fully saturated rings. The molecule has 4 rings (SSSR count). The number of aromatic carboxylic acids is 1. The first-order valence-electron chi connectivity index (χ1n) is 8.40. The van der Waals surface area contributed by atoms with Crippen molar-refractivity contribution in [2.45, 2.75) is 4.57 Å². The van der Waals surface area contributed by atoms with Crippen LogP contribution in [0.2, 0.25) is 0 Å². The number of aromatic nitrogens is 4. The molecule has 2 aromatic heterocycles. The first-order valence-corrected chi connectivity index (χ1v) is 9.19. The summed E-state index contributed by atoms with van der Waals surface area (Å²) in [5.74, 6) is -0.657. The van der Waals surface area contributed by atoms with Crippen LogP contribution < -0.4 is 5.56 Å². The number of nitrogens with zero attached hydrogens (tertiary/aromatic N) is 5. The molecule has 0 aliphatic rings. The van der Waals surface area contributed by atoms with Gasteiger partial charge >= 0.3 is 5.97 Å². The highest BCUT2D eigenvalue weighted by Crippen LogP contribution is 2.36. The largest absolute Gasteiger partial charge is 0.478 e. The van der Waals surface area contributed by atoms with Crippen LogP contribution in [0.5, 0.6) is 0 Å². The van der Waals surface area contributed by atoms with Gasteiger partial charge in [-0.1, -0.05) is 24.3 Å². The lowest BCUT2D eigenvalue weighted by atomic mass is 10.1. The maximum absolute atomic E-state index is 13.5. The molecule has 28 heavy (non-hydrogen) atoms. The van der Waals surface area contributed by atoms with Gasteiger partial charge in [0.15, 0.2) is 4.57 Å². The van der Waals surface area contributed by atoms with Crippen molar-refractivity contribution in [3.05, 3.63) is 76.3 Å². The fourth-order valence-electron chi connectivity index (χ4n) is 3.31. The Labute approximate surface area is 167 Å². The monoisotopic (exact) mass is 441 g/mol. The third-order valence-electron chi connectivity index (χ3n) is 4.71. The predicted molar refractivity (Wildman–Crippen MR) is 108 cm³/mol. The molecule has 0 saturated heterocycles. The van der Waals surface area contributed by atoms with Gasteiger partial charge in [-0.05, 0) is 54.3 Å². The Morgan fingerprint density at radius 3 is 2.46 bits per heavy atom. The van der Waals surface area contributed by atoms with Crippen molar-refractivity contribution < 1.29 is 9.90 Å². The van der Waals surface area contributed by atoms with Gasteiger partial charge in [-0.15, -0.1) is 10.2 Å². The number of alkyl halides is 1. The molecule has 0 spiro atoms. The van der Waals surface area contributed by atoms with Crippen LogP contribution in [0.4, 0.5) is 0 Å². The molecule has 9 heteroatoms. The Bertz CT molecular complexity index is 1260. The van der Waals surface area contributed by atoms with Crippen LogP contribution in [0.1, 0.15) is 15.9 Å². The van der Waals surface area contributed by atoms with Gasteiger partial charge in [-0.3, -0.25) is 14.1 Å². The van der Waals surface area contributed by atoms with Crippen molar-refractivity contribution in [3.8, 4) is 0 Å². The van der Waals surface area contributed by atoms with Gasteiger partial charge in [0.1, 0.15) is 6.33 Å². The van der Waals surface area contributed by atoms with Crippen molar-refractivity contribution >= 4 is 38.6 Å². The Balaban J connectivity index is 2.09. The van der Waals surface area contributed by atoms with Crippen molar-refractivity contribution in [1.82, 2.24) is 24.1 Å². The topological polar surface area (TPSA) is 92.7 Å². The van der Waals surface area contributed by atoms with Crippen LogP contribution in [0.15, 0.2) is 59.7 Å². The molecule has 1 unspecified atom stereocenters. The van der Waals surface area contributed by atoms with Crippen LogP contribution in [0.3, 0.4) is 0 Å². The van der Waals surface area contributed by atoms with Crippen LogP contribution in [-0.4, -0.2) is 49.2 Å². The van der Waals surface area contributed by atoms with Gasteiger partial charge in [-0.25, -0.2) is 9.36 Å². The van der Waals surface area contributed by atoms with Crippen LogP contribution in [-0.2, 0) is 4.57 Å². The van der Waals surface area contributed by atoms with Gasteiger partial charge in [0.05, 0.1) is 16.5 Å². The molecule has 1 N–H and O–H groups in total. The summed E-state index contributed by atoms with van der Waals surface area (Å²) in [7, 11) is 3.63. The summed E-state index contributed by atoms with van der Waals surface area (Å²) in [5, 5.41) is 17.9. The molecule has 0 bridgehead atoms. The third-order valence-corrected chi connectivity index (χ3v) is 6.24. The maximum atomic E-state index is 13.5. The number of para-hydroxylation sites is 1. The minimum atomic E-state index is -1.11. The zero-order valence-electron chi connectivity index (χ0n) is 15.1. The summed E-state index contributed by atoms with van der Waals surface area (Å²) in [6.45, 7) is 0. The fraction of sp³-hybridized carbons (Fsp3) is 0.158. The standard InChI is InChI=1S/C19H16BrN5O3/c1-23(2)19(20,13-9-7-12(8-10-13)17(27)28)25-16(26)14-5-3-4-6-15(14)24-11-21-22-18(24)25/h3-11H,1-2H3,(H,27,28). The second kappa shape index (κ2) is 6.54. The average molecular weight is 442 g/mol. The van der Waals surface area contributed by atoms with Gasteiger partial charge in [0.2, 0.25) is 5.78 Å². The number of carboxylic acids is 1. The molecular weight excluding hydrogens is 426 g/mol. The number of rotatable bonds is 4. The van der Waals surface area contributed by atoms with Gasteiger partial charge in [0.25, 0.3) is 5.56 Å². The predicted octanol–water partition coefficient (Wildman–Crippen LogP) is 2.36. The highest BCUT2D eigenvalue weighted by molar-refractivity contribution is 9.09. The highest BCUT2D eigenvalue weighted by atomic mass is 79.9. The van der Waals surface area contributed by atoms with Crippen molar-refractivity contribution in [2.75, 3.05) is 14.1 Å². The van der Waals surface area contributed by atoms with E-state index >= 15 is 0 Å². The van der Waals surface area contributed by atoms with Crippen molar-refractivity contribution in [1.29, 1.82) is 0 Å². The molecule has 0 aliphatic heterocycles. The van der Waals surface area contributed by atoms with E-state index in [0.717, 1.165) is 0 Å². The fourth-order valence-corrected chi connectivity index (χ4v) is 3.89. The third kappa shape index (κ3) is 2.54. The molecule has 0 aliphatic carbocycles. The average Bonchev–Trinajstić information content (AvgIpc) is 3.17. The van der Waals surface area contributed by atoms with Gasteiger partial charge in [-0.2, -0.15) is 0 Å². The summed E-state index contributed by atoms with van der Waals surface area (Å²) in [4.78, 5) is 26.5. The number of fused-ring (bicyclic) bond motifs is 3. The molecule has 1 atom stereocenters. The zero-order chi connectivity index (χ0) is 20.1. The van der Waals surface area contributed by atoms with E-state index in [1.54, 1.807) is 35.0 Å². The Kier molecular flexibility index (Phi) is 4.28. The Hall–Kier alpha value is -3.04. The molecular formula is C19H16BrN5O3. The minimum absolute atomic E-state index is 0.163. The van der Waals surface area contributed by atoms with E-state index in [1.165, 1.54) is 16.7 Å². The lowest BCUT2D eigenvalue weighted by Crippen LogP contribution is -2.48. The number of benzene rings is 2. The maximum Gasteiger partial charge on any atom is 0.335 e. The lowest BCUT2D eigenvalue weighted by Gasteiger charge is -2.36. The Morgan fingerprint density at radius 1 is 1.14 bits per heavy atom. The smallest absolute Gasteiger partial charge is 0.335 e. The molecule has 4 aromatic rings. The molecule has 0 saturated carbocycles. The van der Waals surface area contributed by atoms with E-state index < -0.39 is 10.5 Å². The van der Waals surface area contributed by atoms with Gasteiger partial charge in [0, 0.05) is 5.56 Å². The number of carbonyl (C=O) groups is 1. The number of halogens is 1. The first-order chi connectivity index (χ1) is 13.4. The molecule has 2 heterocycles. The van der Waals surface area contributed by atoms with E-state index in [0.29, 0.717) is 22.2 Å². The zero-order valence-corrected chi connectivity index (χ0v) is 16.7. The summed E-state index contributed by atoms with van der Waals surface area (Å²) < 4.78 is 2.15. The number of hydrogen-bond acceptors (Lipinski definition) is 5. The molecule has 142 valence electrons. The normalized spacial score (nSPS) is 13.9. The summed E-state index contributed by atoms with van der Waals surface area (Å²) in [6.07, 6.45) is 1.56. The lowest BCUT2D eigenvalue weighted by molar-refractivity contribution is 0.0697. The van der Waals surface area contributed by atoms with Crippen LogP contribution >= 0.6 is 15.9 Å². The molecule has 8 nitrogen and oxygen atoms in total. The summed E-state index contributed by atoms with van der Waals surface area (Å²) in [6, 6.07) is 13.6.